The number of carbonyl (C=O) groups excluding carboxylic acids is 1. The van der Waals surface area contributed by atoms with Crippen molar-refractivity contribution in [3.63, 3.8) is 0 Å². The van der Waals surface area contributed by atoms with E-state index in [9.17, 15) is 4.79 Å². The third-order valence-corrected chi connectivity index (χ3v) is 3.96. The molecule has 5 heteroatoms. The molecule has 0 saturated heterocycles. The van der Waals surface area contributed by atoms with Crippen molar-refractivity contribution in [3.8, 4) is 22.4 Å². The number of esters is 1. The van der Waals surface area contributed by atoms with E-state index in [0.29, 0.717) is 6.42 Å². The van der Waals surface area contributed by atoms with E-state index in [0.717, 1.165) is 22.4 Å². The van der Waals surface area contributed by atoms with E-state index in [1.165, 1.54) is 7.11 Å². The van der Waals surface area contributed by atoms with Crippen LogP contribution in [0, 0.1) is 0 Å². The standard InChI is InChI=1S/C19H19N3O2/c1-3-18(19(23)24-2)22-12-9-17(21-22)16-6-4-5-15(13-16)14-7-10-20-11-8-14/h4-13,18H,3H2,1-2H3/t18-/m1/s1. The van der Waals surface area contributed by atoms with Crippen molar-refractivity contribution < 1.29 is 9.53 Å². The van der Waals surface area contributed by atoms with Crippen LogP contribution in [0.5, 0.6) is 0 Å². The molecule has 1 aromatic carbocycles. The fourth-order valence-electron chi connectivity index (χ4n) is 2.67. The normalized spacial score (nSPS) is 11.9. The van der Waals surface area contributed by atoms with Crippen molar-refractivity contribution in [2.75, 3.05) is 7.11 Å². The number of rotatable bonds is 5. The zero-order valence-corrected chi connectivity index (χ0v) is 13.7. The molecule has 0 radical (unpaired) electrons. The monoisotopic (exact) mass is 321 g/mol. The lowest BCUT2D eigenvalue weighted by Crippen LogP contribution is -2.20. The van der Waals surface area contributed by atoms with Crippen LogP contribution in [-0.4, -0.2) is 27.8 Å². The van der Waals surface area contributed by atoms with E-state index in [1.54, 1.807) is 17.1 Å². The van der Waals surface area contributed by atoms with E-state index < -0.39 is 6.04 Å². The molecule has 0 aliphatic rings. The minimum Gasteiger partial charge on any atom is -0.467 e. The molecule has 0 spiro atoms. The van der Waals surface area contributed by atoms with Crippen LogP contribution < -0.4 is 0 Å². The summed E-state index contributed by atoms with van der Waals surface area (Å²) < 4.78 is 6.51. The van der Waals surface area contributed by atoms with Gasteiger partial charge in [-0.3, -0.25) is 9.67 Å². The van der Waals surface area contributed by atoms with Crippen molar-refractivity contribution in [1.82, 2.24) is 14.8 Å². The minimum atomic E-state index is -0.396. The first-order valence-electron chi connectivity index (χ1n) is 7.86. The number of hydrogen-bond donors (Lipinski definition) is 0. The summed E-state index contributed by atoms with van der Waals surface area (Å²) in [4.78, 5) is 15.9. The number of hydrogen-bond acceptors (Lipinski definition) is 4. The highest BCUT2D eigenvalue weighted by atomic mass is 16.5. The molecule has 3 aromatic rings. The SMILES string of the molecule is CC[C@H](C(=O)OC)n1ccc(-c2cccc(-c3ccncc3)c2)n1. The van der Waals surface area contributed by atoms with Gasteiger partial charge in [0, 0.05) is 24.2 Å². The van der Waals surface area contributed by atoms with Crippen LogP contribution in [-0.2, 0) is 9.53 Å². The molecular weight excluding hydrogens is 302 g/mol. The number of pyridine rings is 1. The third kappa shape index (κ3) is 3.20. The molecule has 0 fully saturated rings. The van der Waals surface area contributed by atoms with Crippen molar-refractivity contribution in [3.05, 3.63) is 61.1 Å². The van der Waals surface area contributed by atoms with Crippen LogP contribution >= 0.6 is 0 Å². The first-order valence-corrected chi connectivity index (χ1v) is 7.86. The quantitative estimate of drug-likeness (QED) is 0.672. The molecule has 1 atom stereocenters. The molecule has 0 unspecified atom stereocenters. The van der Waals surface area contributed by atoms with Gasteiger partial charge in [0.1, 0.15) is 6.04 Å². The Morgan fingerprint density at radius 2 is 1.88 bits per heavy atom. The van der Waals surface area contributed by atoms with Gasteiger partial charge >= 0.3 is 5.97 Å². The van der Waals surface area contributed by atoms with E-state index >= 15 is 0 Å². The summed E-state index contributed by atoms with van der Waals surface area (Å²) in [6.45, 7) is 1.94. The summed E-state index contributed by atoms with van der Waals surface area (Å²) in [6, 6.07) is 13.6. The average molecular weight is 321 g/mol. The van der Waals surface area contributed by atoms with Gasteiger partial charge in [0.05, 0.1) is 12.8 Å². The summed E-state index contributed by atoms with van der Waals surface area (Å²) in [5.74, 6) is -0.280. The number of methoxy groups -OCH3 is 1. The Bertz CT molecular complexity index is 827. The van der Waals surface area contributed by atoms with Gasteiger partial charge in [0.15, 0.2) is 0 Å². The van der Waals surface area contributed by atoms with Crippen LogP contribution in [0.15, 0.2) is 61.1 Å². The maximum Gasteiger partial charge on any atom is 0.330 e. The summed E-state index contributed by atoms with van der Waals surface area (Å²) in [5.41, 5.74) is 4.03. The Hall–Kier alpha value is -2.95. The largest absolute Gasteiger partial charge is 0.467 e. The Morgan fingerprint density at radius 1 is 1.12 bits per heavy atom. The summed E-state index contributed by atoms with van der Waals surface area (Å²) in [5, 5.41) is 4.56. The van der Waals surface area contributed by atoms with Crippen LogP contribution in [0.3, 0.4) is 0 Å². The van der Waals surface area contributed by atoms with Crippen molar-refractivity contribution in [2.45, 2.75) is 19.4 Å². The Balaban J connectivity index is 1.92. The first-order chi connectivity index (χ1) is 11.7. The van der Waals surface area contributed by atoms with Gasteiger partial charge in [-0.25, -0.2) is 4.79 Å². The molecule has 0 bridgehead atoms. The lowest BCUT2D eigenvalue weighted by Gasteiger charge is -2.12. The highest BCUT2D eigenvalue weighted by Gasteiger charge is 2.20. The lowest BCUT2D eigenvalue weighted by molar-refractivity contribution is -0.145. The van der Waals surface area contributed by atoms with Gasteiger partial charge in [0.2, 0.25) is 0 Å². The predicted molar refractivity (Wildman–Crippen MR) is 92.2 cm³/mol. The summed E-state index contributed by atoms with van der Waals surface area (Å²) in [7, 11) is 1.40. The minimum absolute atomic E-state index is 0.280. The molecule has 24 heavy (non-hydrogen) atoms. The molecule has 3 rings (SSSR count). The van der Waals surface area contributed by atoms with Gasteiger partial charge in [0.25, 0.3) is 0 Å². The van der Waals surface area contributed by atoms with Gasteiger partial charge in [-0.2, -0.15) is 5.10 Å². The van der Waals surface area contributed by atoms with Crippen LogP contribution in [0.4, 0.5) is 0 Å². The smallest absolute Gasteiger partial charge is 0.330 e. The molecule has 0 saturated carbocycles. The number of carbonyl (C=O) groups is 1. The molecule has 122 valence electrons. The number of ether oxygens (including phenoxy) is 1. The fraction of sp³-hybridized carbons (Fsp3) is 0.211. The van der Waals surface area contributed by atoms with E-state index in [4.69, 9.17) is 4.74 Å². The van der Waals surface area contributed by atoms with E-state index in [1.807, 2.05) is 43.5 Å². The maximum absolute atomic E-state index is 11.8. The van der Waals surface area contributed by atoms with E-state index in [-0.39, 0.29) is 5.97 Å². The second-order valence-corrected chi connectivity index (χ2v) is 5.44. The molecular formula is C19H19N3O2. The average Bonchev–Trinajstić information content (AvgIpc) is 3.13. The number of nitrogens with zero attached hydrogens (tertiary/aromatic N) is 3. The molecule has 5 nitrogen and oxygen atoms in total. The number of aromatic nitrogens is 3. The predicted octanol–water partition coefficient (Wildman–Crippen LogP) is 3.74. The van der Waals surface area contributed by atoms with Gasteiger partial charge in [-0.15, -0.1) is 0 Å². The van der Waals surface area contributed by atoms with Crippen molar-refractivity contribution in [1.29, 1.82) is 0 Å². The molecule has 0 amide bonds. The highest BCUT2D eigenvalue weighted by Crippen LogP contribution is 2.26. The highest BCUT2D eigenvalue weighted by molar-refractivity contribution is 5.74. The zero-order valence-electron chi connectivity index (χ0n) is 13.7. The number of benzene rings is 1. The van der Waals surface area contributed by atoms with Crippen molar-refractivity contribution >= 4 is 5.97 Å². The lowest BCUT2D eigenvalue weighted by atomic mass is 10.0. The van der Waals surface area contributed by atoms with E-state index in [2.05, 4.69) is 22.2 Å². The molecule has 0 aliphatic carbocycles. The third-order valence-electron chi connectivity index (χ3n) is 3.96. The summed E-state index contributed by atoms with van der Waals surface area (Å²) in [6.07, 6.45) is 6.00. The molecule has 0 N–H and O–H groups in total. The van der Waals surface area contributed by atoms with Gasteiger partial charge in [-0.1, -0.05) is 25.1 Å². The fourth-order valence-corrected chi connectivity index (χ4v) is 2.67. The molecule has 2 aromatic heterocycles. The van der Waals surface area contributed by atoms with Crippen LogP contribution in [0.2, 0.25) is 0 Å². The second-order valence-electron chi connectivity index (χ2n) is 5.44. The van der Waals surface area contributed by atoms with Crippen LogP contribution in [0.25, 0.3) is 22.4 Å². The Labute approximate surface area is 140 Å². The first kappa shape index (κ1) is 15.9. The van der Waals surface area contributed by atoms with Gasteiger partial charge < -0.3 is 4.74 Å². The zero-order chi connectivity index (χ0) is 16.9. The summed E-state index contributed by atoms with van der Waals surface area (Å²) >= 11 is 0. The van der Waals surface area contributed by atoms with Crippen molar-refractivity contribution in [2.24, 2.45) is 0 Å². The Kier molecular flexibility index (Phi) is 4.70. The van der Waals surface area contributed by atoms with Crippen LogP contribution in [0.1, 0.15) is 19.4 Å². The molecule has 0 aliphatic heterocycles. The van der Waals surface area contributed by atoms with Gasteiger partial charge in [-0.05, 0) is 41.8 Å². The topological polar surface area (TPSA) is 57.0 Å². The molecule has 2 heterocycles. The Morgan fingerprint density at radius 3 is 2.58 bits per heavy atom. The second kappa shape index (κ2) is 7.08. The maximum atomic E-state index is 11.8.